The second-order valence-corrected chi connectivity index (χ2v) is 5.28. The Labute approximate surface area is 128 Å². The Balaban J connectivity index is 1.92. The van der Waals surface area contributed by atoms with Crippen molar-refractivity contribution in [1.82, 2.24) is 4.90 Å². The third kappa shape index (κ3) is 5.24. The van der Waals surface area contributed by atoms with Crippen molar-refractivity contribution in [2.45, 2.75) is 33.2 Å². The molecular formula is C19H25NO. The molecule has 2 aromatic carbocycles. The second kappa shape index (κ2) is 8.48. The third-order valence-electron chi connectivity index (χ3n) is 3.58. The first-order valence-electron chi connectivity index (χ1n) is 7.86. The fourth-order valence-corrected chi connectivity index (χ4v) is 2.28. The number of ether oxygens (including phenoxy) is 1. The van der Waals surface area contributed by atoms with Crippen molar-refractivity contribution in [3.8, 4) is 11.5 Å². The summed E-state index contributed by atoms with van der Waals surface area (Å²) in [7, 11) is 0. The number of hydrogen-bond acceptors (Lipinski definition) is 2. The molecule has 0 heterocycles. The summed E-state index contributed by atoms with van der Waals surface area (Å²) in [5.41, 5.74) is 1.34. The molecule has 2 aromatic rings. The molecule has 0 saturated heterocycles. The van der Waals surface area contributed by atoms with Gasteiger partial charge in [0.1, 0.15) is 11.5 Å². The molecule has 112 valence electrons. The first-order valence-corrected chi connectivity index (χ1v) is 7.86. The molecule has 0 aromatic heterocycles. The van der Waals surface area contributed by atoms with E-state index in [1.807, 2.05) is 30.3 Å². The lowest BCUT2D eigenvalue weighted by Crippen LogP contribution is -2.23. The normalized spacial score (nSPS) is 10.8. The van der Waals surface area contributed by atoms with Crippen LogP contribution in [0.5, 0.6) is 11.5 Å². The predicted octanol–water partition coefficient (Wildman–Crippen LogP) is 5.10. The van der Waals surface area contributed by atoms with Gasteiger partial charge in [-0.15, -0.1) is 0 Å². The lowest BCUT2D eigenvalue weighted by atomic mass is 10.2. The van der Waals surface area contributed by atoms with Crippen molar-refractivity contribution in [3.05, 3.63) is 60.2 Å². The SMILES string of the molecule is CCCCN(CC)Cc1ccc(Oc2ccccc2)cc1. The molecule has 0 aliphatic heterocycles. The van der Waals surface area contributed by atoms with E-state index in [1.54, 1.807) is 0 Å². The minimum absolute atomic E-state index is 0.878. The van der Waals surface area contributed by atoms with E-state index in [4.69, 9.17) is 4.74 Å². The zero-order valence-electron chi connectivity index (χ0n) is 13.1. The molecule has 0 aliphatic rings. The second-order valence-electron chi connectivity index (χ2n) is 5.28. The quantitative estimate of drug-likeness (QED) is 0.668. The molecule has 0 radical (unpaired) electrons. The first-order chi connectivity index (χ1) is 10.3. The van der Waals surface area contributed by atoms with Crippen LogP contribution in [0.2, 0.25) is 0 Å². The summed E-state index contributed by atoms with van der Waals surface area (Å²) in [6, 6.07) is 18.3. The molecule has 0 amide bonds. The van der Waals surface area contributed by atoms with Gasteiger partial charge in [0, 0.05) is 6.54 Å². The van der Waals surface area contributed by atoms with Crippen LogP contribution in [0.3, 0.4) is 0 Å². The van der Waals surface area contributed by atoms with Gasteiger partial charge < -0.3 is 4.74 Å². The largest absolute Gasteiger partial charge is 0.457 e. The molecule has 0 aliphatic carbocycles. The predicted molar refractivity (Wildman–Crippen MR) is 88.8 cm³/mol. The van der Waals surface area contributed by atoms with Crippen LogP contribution in [0, 0.1) is 0 Å². The van der Waals surface area contributed by atoms with Gasteiger partial charge in [-0.25, -0.2) is 0 Å². The highest BCUT2D eigenvalue weighted by Gasteiger charge is 2.03. The average Bonchev–Trinajstić information content (AvgIpc) is 2.54. The van der Waals surface area contributed by atoms with Crippen molar-refractivity contribution in [1.29, 1.82) is 0 Å². The van der Waals surface area contributed by atoms with Gasteiger partial charge in [0.05, 0.1) is 0 Å². The van der Waals surface area contributed by atoms with Gasteiger partial charge in [-0.3, -0.25) is 4.90 Å². The zero-order valence-corrected chi connectivity index (χ0v) is 13.1. The Bertz CT molecular complexity index is 507. The maximum Gasteiger partial charge on any atom is 0.127 e. The highest BCUT2D eigenvalue weighted by molar-refractivity contribution is 5.32. The van der Waals surface area contributed by atoms with E-state index >= 15 is 0 Å². The van der Waals surface area contributed by atoms with E-state index in [0.717, 1.165) is 24.6 Å². The van der Waals surface area contributed by atoms with E-state index in [1.165, 1.54) is 24.9 Å². The monoisotopic (exact) mass is 283 g/mol. The molecule has 0 spiro atoms. The van der Waals surface area contributed by atoms with Gasteiger partial charge >= 0.3 is 0 Å². The summed E-state index contributed by atoms with van der Waals surface area (Å²) >= 11 is 0. The summed E-state index contributed by atoms with van der Waals surface area (Å²) in [5.74, 6) is 1.77. The van der Waals surface area contributed by atoms with Gasteiger partial charge in [0.15, 0.2) is 0 Å². The molecule has 0 N–H and O–H groups in total. The van der Waals surface area contributed by atoms with Gasteiger partial charge in [-0.1, -0.05) is 50.6 Å². The van der Waals surface area contributed by atoms with Crippen LogP contribution < -0.4 is 4.74 Å². The fourth-order valence-electron chi connectivity index (χ4n) is 2.28. The average molecular weight is 283 g/mol. The van der Waals surface area contributed by atoms with Crippen LogP contribution in [-0.2, 0) is 6.54 Å². The Kier molecular flexibility index (Phi) is 6.29. The van der Waals surface area contributed by atoms with Crippen molar-refractivity contribution < 1.29 is 4.74 Å². The minimum atomic E-state index is 0.878. The van der Waals surface area contributed by atoms with Crippen LogP contribution in [0.4, 0.5) is 0 Å². The van der Waals surface area contributed by atoms with Gasteiger partial charge in [0.2, 0.25) is 0 Å². The lowest BCUT2D eigenvalue weighted by molar-refractivity contribution is 0.275. The molecule has 2 nitrogen and oxygen atoms in total. The third-order valence-corrected chi connectivity index (χ3v) is 3.58. The molecule has 2 heteroatoms. The highest BCUT2D eigenvalue weighted by atomic mass is 16.5. The number of nitrogens with zero attached hydrogens (tertiary/aromatic N) is 1. The lowest BCUT2D eigenvalue weighted by Gasteiger charge is -2.20. The minimum Gasteiger partial charge on any atom is -0.457 e. The maximum atomic E-state index is 5.82. The van der Waals surface area contributed by atoms with Gasteiger partial charge in [-0.2, -0.15) is 0 Å². The van der Waals surface area contributed by atoms with Crippen LogP contribution in [0.1, 0.15) is 32.3 Å². The zero-order chi connectivity index (χ0) is 14.9. The number of rotatable bonds is 8. The maximum absolute atomic E-state index is 5.82. The van der Waals surface area contributed by atoms with Crippen LogP contribution in [0.15, 0.2) is 54.6 Å². The molecular weight excluding hydrogens is 258 g/mol. The summed E-state index contributed by atoms with van der Waals surface area (Å²) in [6.07, 6.45) is 2.52. The van der Waals surface area contributed by atoms with Crippen LogP contribution in [0.25, 0.3) is 0 Å². The van der Waals surface area contributed by atoms with Crippen molar-refractivity contribution in [2.24, 2.45) is 0 Å². The fraction of sp³-hybridized carbons (Fsp3) is 0.368. The van der Waals surface area contributed by atoms with Crippen molar-refractivity contribution >= 4 is 0 Å². The Morgan fingerprint density at radius 3 is 2.14 bits per heavy atom. The number of benzene rings is 2. The van der Waals surface area contributed by atoms with Crippen LogP contribution in [-0.4, -0.2) is 18.0 Å². The van der Waals surface area contributed by atoms with E-state index in [2.05, 4.69) is 43.0 Å². The molecule has 0 unspecified atom stereocenters. The van der Waals surface area contributed by atoms with Crippen molar-refractivity contribution in [3.63, 3.8) is 0 Å². The van der Waals surface area contributed by atoms with Crippen molar-refractivity contribution in [2.75, 3.05) is 13.1 Å². The molecule has 0 saturated carbocycles. The number of hydrogen-bond donors (Lipinski definition) is 0. The Hall–Kier alpha value is -1.80. The molecule has 0 atom stereocenters. The summed E-state index contributed by atoms with van der Waals surface area (Å²) in [5, 5.41) is 0. The van der Waals surface area contributed by atoms with E-state index < -0.39 is 0 Å². The molecule has 0 fully saturated rings. The van der Waals surface area contributed by atoms with E-state index in [0.29, 0.717) is 0 Å². The number of unbranched alkanes of at least 4 members (excludes halogenated alkanes) is 1. The first kappa shape index (κ1) is 15.6. The molecule has 2 rings (SSSR count). The molecule has 0 bridgehead atoms. The summed E-state index contributed by atoms with van der Waals surface area (Å²) < 4.78 is 5.82. The smallest absolute Gasteiger partial charge is 0.127 e. The van der Waals surface area contributed by atoms with Gasteiger partial charge in [0.25, 0.3) is 0 Å². The topological polar surface area (TPSA) is 12.5 Å². The van der Waals surface area contributed by atoms with E-state index in [9.17, 15) is 0 Å². The Morgan fingerprint density at radius 2 is 1.52 bits per heavy atom. The summed E-state index contributed by atoms with van der Waals surface area (Å²) in [6.45, 7) is 7.76. The van der Waals surface area contributed by atoms with E-state index in [-0.39, 0.29) is 0 Å². The highest BCUT2D eigenvalue weighted by Crippen LogP contribution is 2.21. The Morgan fingerprint density at radius 1 is 0.857 bits per heavy atom. The standard InChI is InChI=1S/C19H25NO/c1-3-5-15-20(4-2)16-17-11-13-19(14-12-17)21-18-9-7-6-8-10-18/h6-14H,3-5,15-16H2,1-2H3. The number of para-hydroxylation sites is 1. The van der Waals surface area contributed by atoms with Crippen LogP contribution >= 0.6 is 0 Å². The summed E-state index contributed by atoms with van der Waals surface area (Å²) in [4.78, 5) is 2.48. The molecule has 21 heavy (non-hydrogen) atoms. The van der Waals surface area contributed by atoms with Gasteiger partial charge in [-0.05, 0) is 49.3 Å².